The van der Waals surface area contributed by atoms with E-state index in [1.165, 1.54) is 18.3 Å². The molecule has 0 unspecified atom stereocenters. The number of rotatable bonds is 4. The number of hydrogen-bond acceptors (Lipinski definition) is 5. The molecule has 1 rings (SSSR count). The van der Waals surface area contributed by atoms with Crippen LogP contribution in [0.5, 0.6) is 0 Å². The van der Waals surface area contributed by atoms with Crippen molar-refractivity contribution in [2.24, 2.45) is 0 Å². The molecule has 0 radical (unpaired) electrons. The van der Waals surface area contributed by atoms with Crippen molar-refractivity contribution in [1.82, 2.24) is 10.3 Å². The van der Waals surface area contributed by atoms with Gasteiger partial charge in [-0.3, -0.25) is 14.9 Å². The van der Waals surface area contributed by atoms with E-state index in [0.717, 1.165) is 0 Å². The second-order valence-electron chi connectivity index (χ2n) is 5.29. The first-order valence-electron chi connectivity index (χ1n) is 5.81. The van der Waals surface area contributed by atoms with Gasteiger partial charge in [-0.15, -0.1) is 0 Å². The number of aromatic nitrogens is 1. The van der Waals surface area contributed by atoms with Crippen LogP contribution in [0.3, 0.4) is 0 Å². The van der Waals surface area contributed by atoms with Crippen molar-refractivity contribution in [3.8, 4) is 0 Å². The van der Waals surface area contributed by atoms with E-state index in [2.05, 4.69) is 10.3 Å². The molecule has 1 aromatic rings. The lowest BCUT2D eigenvalue weighted by Crippen LogP contribution is -2.45. The van der Waals surface area contributed by atoms with Crippen LogP contribution in [0, 0.1) is 10.1 Å². The lowest BCUT2D eigenvalue weighted by atomic mass is 10.1. The Balaban J connectivity index is 2.65. The van der Waals surface area contributed by atoms with Crippen LogP contribution < -0.4 is 10.2 Å². The number of carbonyl (C=O) groups excluding carboxylic acids is 1. The van der Waals surface area contributed by atoms with Gasteiger partial charge in [-0.05, 0) is 26.8 Å². The van der Waals surface area contributed by atoms with E-state index >= 15 is 0 Å². The number of hydrogen-bond donors (Lipinski definition) is 1. The average Bonchev–Trinajstić information content (AvgIpc) is 2.26. The summed E-state index contributed by atoms with van der Waals surface area (Å²) in [5.74, 6) is 0.379. The maximum absolute atomic E-state index is 11.7. The molecule has 104 valence electrons. The summed E-state index contributed by atoms with van der Waals surface area (Å²) in [6.45, 7) is 5.83. The minimum atomic E-state index is -0.511. The Kier molecular flexibility index (Phi) is 4.42. The van der Waals surface area contributed by atoms with Crippen LogP contribution in [0.1, 0.15) is 20.8 Å². The summed E-state index contributed by atoms with van der Waals surface area (Å²) in [5.41, 5.74) is -0.364. The van der Waals surface area contributed by atoms with Gasteiger partial charge in [0.05, 0.1) is 11.5 Å². The van der Waals surface area contributed by atoms with Crippen molar-refractivity contribution in [3.05, 3.63) is 28.4 Å². The fourth-order valence-electron chi connectivity index (χ4n) is 1.47. The highest BCUT2D eigenvalue weighted by atomic mass is 16.6. The van der Waals surface area contributed by atoms with Crippen LogP contribution in [0.25, 0.3) is 0 Å². The maximum Gasteiger partial charge on any atom is 0.287 e. The number of nitrogens with zero attached hydrogens (tertiary/aromatic N) is 3. The molecule has 0 saturated heterocycles. The largest absolute Gasteiger partial charge is 0.350 e. The number of nitro groups is 1. The molecule has 1 N–H and O–H groups in total. The van der Waals surface area contributed by atoms with Gasteiger partial charge in [0, 0.05) is 18.7 Å². The number of anilines is 1. The molecule has 0 aliphatic carbocycles. The van der Waals surface area contributed by atoms with Crippen LogP contribution in [0.4, 0.5) is 11.5 Å². The van der Waals surface area contributed by atoms with Gasteiger partial charge < -0.3 is 10.2 Å². The Morgan fingerprint density at radius 2 is 2.11 bits per heavy atom. The molecule has 0 spiro atoms. The Bertz CT molecular complexity index is 465. The molecule has 19 heavy (non-hydrogen) atoms. The van der Waals surface area contributed by atoms with Gasteiger partial charge in [0.2, 0.25) is 5.91 Å². The quantitative estimate of drug-likeness (QED) is 0.656. The lowest BCUT2D eigenvalue weighted by molar-refractivity contribution is -0.385. The first-order chi connectivity index (χ1) is 8.69. The number of carbonyl (C=O) groups is 1. The van der Waals surface area contributed by atoms with Gasteiger partial charge >= 0.3 is 0 Å². The predicted octanol–water partition coefficient (Wildman–Crippen LogP) is 1.34. The third kappa shape index (κ3) is 4.90. The summed E-state index contributed by atoms with van der Waals surface area (Å²) in [7, 11) is 1.70. The monoisotopic (exact) mass is 266 g/mol. The minimum absolute atomic E-state index is 0.0729. The molecule has 1 aromatic heterocycles. The van der Waals surface area contributed by atoms with Crippen molar-refractivity contribution >= 4 is 17.4 Å². The predicted molar refractivity (Wildman–Crippen MR) is 72.1 cm³/mol. The van der Waals surface area contributed by atoms with Gasteiger partial charge in [0.15, 0.2) is 0 Å². The highest BCUT2D eigenvalue weighted by molar-refractivity contribution is 5.81. The number of likely N-dealkylation sites (N-methyl/N-ethyl adjacent to an activating group) is 1. The molecule has 0 aliphatic heterocycles. The molecule has 0 aromatic carbocycles. The molecular formula is C12H18N4O3. The smallest absolute Gasteiger partial charge is 0.287 e. The topological polar surface area (TPSA) is 88.4 Å². The van der Waals surface area contributed by atoms with Crippen molar-refractivity contribution in [1.29, 1.82) is 0 Å². The summed E-state index contributed by atoms with van der Waals surface area (Å²) >= 11 is 0. The Labute approximate surface area is 111 Å². The normalized spacial score (nSPS) is 10.9. The van der Waals surface area contributed by atoms with Gasteiger partial charge in [-0.1, -0.05) is 0 Å². The SMILES string of the molecule is CN(CC(=O)NC(C)(C)C)c1ccc([N+](=O)[O-])cn1. The second kappa shape index (κ2) is 5.64. The standard InChI is InChI=1S/C12H18N4O3/c1-12(2,3)14-11(17)8-15(4)10-6-5-9(7-13-10)16(18)19/h5-7H,8H2,1-4H3,(H,14,17). The van der Waals surface area contributed by atoms with Crippen LogP contribution in [0.2, 0.25) is 0 Å². The van der Waals surface area contributed by atoms with Gasteiger partial charge in [0.1, 0.15) is 12.0 Å². The van der Waals surface area contributed by atoms with Crippen LogP contribution in [-0.4, -0.2) is 34.9 Å². The molecule has 7 nitrogen and oxygen atoms in total. The first kappa shape index (κ1) is 14.9. The van der Waals surface area contributed by atoms with Crippen LogP contribution in [-0.2, 0) is 4.79 Å². The molecule has 0 fully saturated rings. The molecule has 0 aliphatic rings. The lowest BCUT2D eigenvalue weighted by Gasteiger charge is -2.23. The van der Waals surface area contributed by atoms with E-state index in [4.69, 9.17) is 0 Å². The maximum atomic E-state index is 11.7. The summed E-state index contributed by atoms with van der Waals surface area (Å²) < 4.78 is 0. The van der Waals surface area contributed by atoms with E-state index in [9.17, 15) is 14.9 Å². The molecule has 1 heterocycles. The second-order valence-corrected chi connectivity index (χ2v) is 5.29. The zero-order chi connectivity index (χ0) is 14.6. The molecule has 7 heteroatoms. The van der Waals surface area contributed by atoms with Gasteiger partial charge in [-0.25, -0.2) is 4.98 Å². The molecule has 0 atom stereocenters. The van der Waals surface area contributed by atoms with Crippen molar-refractivity contribution in [3.63, 3.8) is 0 Å². The fourth-order valence-corrected chi connectivity index (χ4v) is 1.47. The summed E-state index contributed by atoms with van der Waals surface area (Å²) in [4.78, 5) is 27.3. The molecule has 1 amide bonds. The minimum Gasteiger partial charge on any atom is -0.350 e. The zero-order valence-electron chi connectivity index (χ0n) is 11.5. The summed E-state index contributed by atoms with van der Waals surface area (Å²) in [6.07, 6.45) is 1.17. The summed E-state index contributed by atoms with van der Waals surface area (Å²) in [6, 6.07) is 2.88. The number of amides is 1. The number of nitrogens with one attached hydrogen (secondary N) is 1. The molecular weight excluding hydrogens is 248 g/mol. The molecule has 0 saturated carbocycles. The van der Waals surface area contributed by atoms with Crippen molar-refractivity contribution < 1.29 is 9.72 Å². The van der Waals surface area contributed by atoms with Crippen molar-refractivity contribution in [2.75, 3.05) is 18.5 Å². The highest BCUT2D eigenvalue weighted by Gasteiger charge is 2.16. The van der Waals surface area contributed by atoms with E-state index in [-0.39, 0.29) is 23.7 Å². The number of pyridine rings is 1. The Morgan fingerprint density at radius 3 is 2.53 bits per heavy atom. The molecule has 0 bridgehead atoms. The van der Waals surface area contributed by atoms with Crippen molar-refractivity contribution in [2.45, 2.75) is 26.3 Å². The van der Waals surface area contributed by atoms with E-state index < -0.39 is 4.92 Å². The highest BCUT2D eigenvalue weighted by Crippen LogP contribution is 2.14. The Hall–Kier alpha value is -2.18. The van der Waals surface area contributed by atoms with Crippen LogP contribution in [0.15, 0.2) is 18.3 Å². The third-order valence-electron chi connectivity index (χ3n) is 2.23. The summed E-state index contributed by atoms with van der Waals surface area (Å²) in [5, 5.41) is 13.3. The average molecular weight is 266 g/mol. The van der Waals surface area contributed by atoms with E-state index in [1.807, 2.05) is 20.8 Å². The van der Waals surface area contributed by atoms with Gasteiger partial charge in [0.25, 0.3) is 5.69 Å². The third-order valence-corrected chi connectivity index (χ3v) is 2.23. The van der Waals surface area contributed by atoms with E-state index in [0.29, 0.717) is 5.82 Å². The zero-order valence-corrected chi connectivity index (χ0v) is 11.5. The van der Waals surface area contributed by atoms with Gasteiger partial charge in [-0.2, -0.15) is 0 Å². The fraction of sp³-hybridized carbons (Fsp3) is 0.500. The van der Waals surface area contributed by atoms with E-state index in [1.54, 1.807) is 11.9 Å². The Morgan fingerprint density at radius 1 is 1.47 bits per heavy atom. The first-order valence-corrected chi connectivity index (χ1v) is 5.81. The van der Waals surface area contributed by atoms with Crippen LogP contribution >= 0.6 is 0 Å².